The van der Waals surface area contributed by atoms with Gasteiger partial charge in [-0.05, 0) is 25.0 Å². The average molecular weight is 237 g/mol. The van der Waals surface area contributed by atoms with E-state index in [1.807, 2.05) is 0 Å². The third-order valence-electron chi connectivity index (χ3n) is 3.18. The molecule has 5 heteroatoms. The van der Waals surface area contributed by atoms with Crippen molar-refractivity contribution >= 4 is 5.97 Å². The maximum atomic E-state index is 12.0. The number of hydrogen-bond donors (Lipinski definition) is 0. The van der Waals surface area contributed by atoms with E-state index in [2.05, 4.69) is 4.74 Å². The lowest BCUT2D eigenvalue weighted by Crippen LogP contribution is -2.39. The second-order valence-corrected chi connectivity index (χ2v) is 4.11. The van der Waals surface area contributed by atoms with Gasteiger partial charge in [-0.1, -0.05) is 0 Å². The minimum absolute atomic E-state index is 0.0795. The number of carbonyl (C=O) groups is 1. The second-order valence-electron chi connectivity index (χ2n) is 4.11. The summed E-state index contributed by atoms with van der Waals surface area (Å²) in [5.74, 6) is -0.591. The fourth-order valence-corrected chi connectivity index (χ4v) is 2.02. The first-order chi connectivity index (χ1) is 8.17. The Kier molecular flexibility index (Phi) is 3.28. The minimum atomic E-state index is -0.591. The summed E-state index contributed by atoms with van der Waals surface area (Å²) in [4.78, 5) is 23.4. The zero-order valence-corrected chi connectivity index (χ0v) is 9.88. The molecule has 92 valence electrons. The standard InChI is InChI=1S/C12H15NO4/c1-16-9-6-8(7-9)13-5-3-4-10(11(13)14)12(15)17-2/h3-5,8-9H,6-7H2,1-2H3/t8-,9-. The molecule has 0 aromatic carbocycles. The Morgan fingerprint density at radius 1 is 1.41 bits per heavy atom. The maximum Gasteiger partial charge on any atom is 0.343 e. The molecule has 0 amide bonds. The van der Waals surface area contributed by atoms with Crippen molar-refractivity contribution in [2.75, 3.05) is 14.2 Å². The molecule has 1 aliphatic carbocycles. The molecular formula is C12H15NO4. The van der Waals surface area contributed by atoms with Crippen LogP contribution in [0.25, 0.3) is 0 Å². The molecule has 0 aliphatic heterocycles. The Labute approximate surface area is 99.0 Å². The van der Waals surface area contributed by atoms with Crippen LogP contribution >= 0.6 is 0 Å². The van der Waals surface area contributed by atoms with Crippen LogP contribution in [0.3, 0.4) is 0 Å². The van der Waals surface area contributed by atoms with E-state index in [1.165, 1.54) is 13.2 Å². The van der Waals surface area contributed by atoms with Crippen LogP contribution in [-0.4, -0.2) is 30.9 Å². The zero-order valence-electron chi connectivity index (χ0n) is 9.88. The van der Waals surface area contributed by atoms with E-state index >= 15 is 0 Å². The summed E-state index contributed by atoms with van der Waals surface area (Å²) in [6, 6.07) is 3.29. The Morgan fingerprint density at radius 2 is 2.12 bits per heavy atom. The van der Waals surface area contributed by atoms with Crippen molar-refractivity contribution in [3.05, 3.63) is 34.2 Å². The van der Waals surface area contributed by atoms with Gasteiger partial charge in [-0.2, -0.15) is 0 Å². The van der Waals surface area contributed by atoms with Crippen molar-refractivity contribution in [2.45, 2.75) is 25.0 Å². The van der Waals surface area contributed by atoms with E-state index in [9.17, 15) is 9.59 Å². The van der Waals surface area contributed by atoms with Gasteiger partial charge in [0.15, 0.2) is 0 Å². The van der Waals surface area contributed by atoms with Gasteiger partial charge in [0.1, 0.15) is 5.56 Å². The molecule has 1 aromatic heterocycles. The van der Waals surface area contributed by atoms with Gasteiger partial charge in [-0.15, -0.1) is 0 Å². The Hall–Kier alpha value is -1.62. The molecule has 0 radical (unpaired) electrons. The lowest BCUT2D eigenvalue weighted by atomic mass is 9.89. The van der Waals surface area contributed by atoms with Gasteiger partial charge < -0.3 is 14.0 Å². The molecule has 1 saturated carbocycles. The van der Waals surface area contributed by atoms with Crippen LogP contribution < -0.4 is 5.56 Å². The molecular weight excluding hydrogens is 222 g/mol. The first-order valence-electron chi connectivity index (χ1n) is 5.49. The molecule has 0 atom stereocenters. The first-order valence-corrected chi connectivity index (χ1v) is 5.49. The van der Waals surface area contributed by atoms with Crippen molar-refractivity contribution in [2.24, 2.45) is 0 Å². The minimum Gasteiger partial charge on any atom is -0.465 e. The van der Waals surface area contributed by atoms with Crippen molar-refractivity contribution in [3.63, 3.8) is 0 Å². The molecule has 0 spiro atoms. The third-order valence-corrected chi connectivity index (χ3v) is 3.18. The molecule has 0 saturated heterocycles. The van der Waals surface area contributed by atoms with E-state index in [0.717, 1.165) is 12.8 Å². The largest absolute Gasteiger partial charge is 0.465 e. The second kappa shape index (κ2) is 4.71. The molecule has 5 nitrogen and oxygen atoms in total. The van der Waals surface area contributed by atoms with Crippen LogP contribution in [-0.2, 0) is 9.47 Å². The van der Waals surface area contributed by atoms with Crippen molar-refractivity contribution in [3.8, 4) is 0 Å². The summed E-state index contributed by atoms with van der Waals surface area (Å²) in [5, 5.41) is 0. The topological polar surface area (TPSA) is 57.5 Å². The van der Waals surface area contributed by atoms with E-state index in [4.69, 9.17) is 4.74 Å². The molecule has 0 bridgehead atoms. The van der Waals surface area contributed by atoms with Gasteiger partial charge in [0, 0.05) is 19.3 Å². The third kappa shape index (κ3) is 2.10. The molecule has 1 heterocycles. The predicted octanol–water partition coefficient (Wildman–Crippen LogP) is 0.985. The van der Waals surface area contributed by atoms with Gasteiger partial charge in [0.2, 0.25) is 0 Å². The smallest absolute Gasteiger partial charge is 0.343 e. The molecule has 1 aromatic rings. The quantitative estimate of drug-likeness (QED) is 0.735. The van der Waals surface area contributed by atoms with Gasteiger partial charge in [0.05, 0.1) is 13.2 Å². The van der Waals surface area contributed by atoms with Crippen molar-refractivity contribution in [1.82, 2.24) is 4.57 Å². The van der Waals surface area contributed by atoms with Crippen molar-refractivity contribution in [1.29, 1.82) is 0 Å². The Morgan fingerprint density at radius 3 is 2.71 bits per heavy atom. The molecule has 1 aliphatic rings. The van der Waals surface area contributed by atoms with Gasteiger partial charge in [-0.3, -0.25) is 4.79 Å². The predicted molar refractivity (Wildman–Crippen MR) is 61.1 cm³/mol. The summed E-state index contributed by atoms with van der Waals surface area (Å²) >= 11 is 0. The highest BCUT2D eigenvalue weighted by Gasteiger charge is 2.31. The average Bonchev–Trinajstić information content (AvgIpc) is 2.29. The molecule has 2 rings (SSSR count). The van der Waals surface area contributed by atoms with Gasteiger partial charge in [0.25, 0.3) is 5.56 Å². The van der Waals surface area contributed by atoms with Crippen LogP contribution in [0.15, 0.2) is 23.1 Å². The molecule has 1 fully saturated rings. The van der Waals surface area contributed by atoms with Crippen molar-refractivity contribution < 1.29 is 14.3 Å². The monoisotopic (exact) mass is 237 g/mol. The number of nitrogens with zero attached hydrogens (tertiary/aromatic N) is 1. The number of ether oxygens (including phenoxy) is 2. The van der Waals surface area contributed by atoms with E-state index < -0.39 is 5.97 Å². The lowest BCUT2D eigenvalue weighted by molar-refractivity contribution is 0.00503. The van der Waals surface area contributed by atoms with E-state index in [0.29, 0.717) is 0 Å². The first kappa shape index (κ1) is 11.9. The zero-order chi connectivity index (χ0) is 12.4. The molecule has 17 heavy (non-hydrogen) atoms. The summed E-state index contributed by atoms with van der Waals surface area (Å²) in [7, 11) is 2.93. The lowest BCUT2D eigenvalue weighted by Gasteiger charge is -2.35. The van der Waals surface area contributed by atoms with Crippen LogP contribution in [0, 0.1) is 0 Å². The number of rotatable bonds is 3. The Balaban J connectivity index is 2.25. The fraction of sp³-hybridized carbons (Fsp3) is 0.500. The molecule has 0 N–H and O–H groups in total. The summed E-state index contributed by atoms with van der Waals surface area (Å²) in [5.41, 5.74) is -0.213. The van der Waals surface area contributed by atoms with E-state index in [-0.39, 0.29) is 23.3 Å². The number of aromatic nitrogens is 1. The number of carbonyl (C=O) groups excluding carboxylic acids is 1. The maximum absolute atomic E-state index is 12.0. The van der Waals surface area contributed by atoms with Crippen LogP contribution in [0.2, 0.25) is 0 Å². The highest BCUT2D eigenvalue weighted by molar-refractivity contribution is 5.88. The summed E-state index contributed by atoms with van der Waals surface area (Å²) in [6.07, 6.45) is 3.53. The SMILES string of the molecule is COC(=O)c1cccn([C@H]2C[C@H](OC)C2)c1=O. The summed E-state index contributed by atoms with van der Waals surface area (Å²) < 4.78 is 11.3. The summed E-state index contributed by atoms with van der Waals surface area (Å²) in [6.45, 7) is 0. The van der Waals surface area contributed by atoms with Crippen LogP contribution in [0.5, 0.6) is 0 Å². The van der Waals surface area contributed by atoms with Crippen LogP contribution in [0.4, 0.5) is 0 Å². The highest BCUT2D eigenvalue weighted by Crippen LogP contribution is 2.32. The van der Waals surface area contributed by atoms with E-state index in [1.54, 1.807) is 23.9 Å². The number of pyridine rings is 1. The van der Waals surface area contributed by atoms with Gasteiger partial charge in [-0.25, -0.2) is 4.79 Å². The number of hydrogen-bond acceptors (Lipinski definition) is 4. The van der Waals surface area contributed by atoms with Crippen LogP contribution in [0.1, 0.15) is 29.2 Å². The number of esters is 1. The fourth-order valence-electron chi connectivity index (χ4n) is 2.02. The normalized spacial score (nSPS) is 22.9. The molecule has 0 unspecified atom stereocenters. The van der Waals surface area contributed by atoms with Gasteiger partial charge >= 0.3 is 5.97 Å². The highest BCUT2D eigenvalue weighted by atomic mass is 16.5. The Bertz CT molecular complexity index is 474. The number of methoxy groups -OCH3 is 2.